The van der Waals surface area contributed by atoms with E-state index in [9.17, 15) is 4.79 Å². The van der Waals surface area contributed by atoms with Crippen molar-refractivity contribution in [1.29, 1.82) is 0 Å². The van der Waals surface area contributed by atoms with Crippen LogP contribution in [0.3, 0.4) is 0 Å². The zero-order chi connectivity index (χ0) is 11.2. The van der Waals surface area contributed by atoms with Crippen molar-refractivity contribution < 1.29 is 4.79 Å². The third-order valence-corrected chi connectivity index (χ3v) is 4.16. The molecule has 1 aromatic carbocycles. The van der Waals surface area contributed by atoms with Crippen LogP contribution in [-0.4, -0.2) is 11.4 Å². The lowest BCUT2D eigenvalue weighted by atomic mass is 9.76. The van der Waals surface area contributed by atoms with Gasteiger partial charge in [0.25, 0.3) is 0 Å². The quantitative estimate of drug-likeness (QED) is 0.858. The number of nitrogens with one attached hydrogen (secondary N) is 1. The summed E-state index contributed by atoms with van der Waals surface area (Å²) >= 11 is 3.48. The van der Waals surface area contributed by atoms with E-state index in [1.807, 2.05) is 24.3 Å². The van der Waals surface area contributed by atoms with Gasteiger partial charge in [-0.25, -0.2) is 10.4 Å². The molecule has 1 amide bonds. The first-order valence-electron chi connectivity index (χ1n) is 5.56. The van der Waals surface area contributed by atoms with Crippen LogP contribution in [0.2, 0.25) is 0 Å². The molecule has 0 atom stereocenters. The van der Waals surface area contributed by atoms with Crippen molar-refractivity contribution in [2.75, 3.05) is 5.01 Å². The molecule has 0 aromatic heterocycles. The molecule has 3 rings (SSSR count). The topological polar surface area (TPSA) is 32.3 Å². The van der Waals surface area contributed by atoms with Crippen molar-refractivity contribution in [3.63, 3.8) is 0 Å². The summed E-state index contributed by atoms with van der Waals surface area (Å²) < 4.78 is 0.951. The maximum atomic E-state index is 12.0. The monoisotopic (exact) mass is 280 g/mol. The first-order valence-corrected chi connectivity index (χ1v) is 6.35. The Hall–Kier alpha value is -0.870. The van der Waals surface area contributed by atoms with Gasteiger partial charge in [-0.05, 0) is 47.3 Å². The number of halogens is 1. The van der Waals surface area contributed by atoms with E-state index >= 15 is 0 Å². The molecular formula is C12H13BrN2O. The maximum absolute atomic E-state index is 12.0. The standard InChI is InChI=1S/C12H13BrN2O/c13-9-4-1-2-5-10(9)15-11(16)8-12(14-15)6-3-7-12/h1-2,4-5,14H,3,6-8H2. The predicted octanol–water partition coefficient (Wildman–Crippen LogP) is 2.61. The molecule has 84 valence electrons. The number of carbonyl (C=O) groups excluding carboxylic acids is 1. The highest BCUT2D eigenvalue weighted by Gasteiger charge is 2.47. The van der Waals surface area contributed by atoms with Crippen LogP contribution in [0.1, 0.15) is 25.7 Å². The average Bonchev–Trinajstić information content (AvgIpc) is 2.57. The van der Waals surface area contributed by atoms with Crippen LogP contribution in [-0.2, 0) is 4.79 Å². The van der Waals surface area contributed by atoms with Crippen LogP contribution in [0, 0.1) is 0 Å². The van der Waals surface area contributed by atoms with Gasteiger partial charge < -0.3 is 0 Å². The molecule has 0 bridgehead atoms. The molecule has 1 aliphatic heterocycles. The van der Waals surface area contributed by atoms with Gasteiger partial charge in [0.1, 0.15) is 0 Å². The molecule has 1 saturated heterocycles. The first-order chi connectivity index (χ1) is 7.70. The van der Waals surface area contributed by atoms with Crippen LogP contribution < -0.4 is 10.4 Å². The Labute approximate surface area is 103 Å². The highest BCUT2D eigenvalue weighted by atomic mass is 79.9. The fourth-order valence-corrected chi connectivity index (χ4v) is 2.89. The van der Waals surface area contributed by atoms with E-state index in [0.29, 0.717) is 6.42 Å². The van der Waals surface area contributed by atoms with Gasteiger partial charge >= 0.3 is 0 Å². The molecule has 16 heavy (non-hydrogen) atoms. The average molecular weight is 281 g/mol. The van der Waals surface area contributed by atoms with Gasteiger partial charge in [-0.15, -0.1) is 0 Å². The zero-order valence-corrected chi connectivity index (χ0v) is 10.5. The molecule has 4 heteroatoms. The smallest absolute Gasteiger partial charge is 0.243 e. The van der Waals surface area contributed by atoms with Crippen molar-refractivity contribution in [2.24, 2.45) is 0 Å². The van der Waals surface area contributed by atoms with Crippen molar-refractivity contribution >= 4 is 27.5 Å². The largest absolute Gasteiger partial charge is 0.273 e. The lowest BCUT2D eigenvalue weighted by Gasteiger charge is -2.38. The maximum Gasteiger partial charge on any atom is 0.243 e. The summed E-state index contributed by atoms with van der Waals surface area (Å²) in [6.07, 6.45) is 4.08. The summed E-state index contributed by atoms with van der Waals surface area (Å²) in [6.45, 7) is 0. The molecule has 0 radical (unpaired) electrons. The Kier molecular flexibility index (Phi) is 2.30. The molecule has 1 aliphatic carbocycles. The van der Waals surface area contributed by atoms with Crippen LogP contribution in [0.5, 0.6) is 0 Å². The second kappa shape index (κ2) is 3.57. The summed E-state index contributed by atoms with van der Waals surface area (Å²) in [4.78, 5) is 12.0. The molecule has 3 nitrogen and oxygen atoms in total. The Morgan fingerprint density at radius 3 is 2.62 bits per heavy atom. The SMILES string of the molecule is O=C1CC2(CCC2)NN1c1ccccc1Br. The molecule has 2 aliphatic rings. The minimum Gasteiger partial charge on any atom is -0.273 e. The number of hydrogen-bond donors (Lipinski definition) is 1. The molecular weight excluding hydrogens is 268 g/mol. The van der Waals surface area contributed by atoms with Crippen LogP contribution in [0.4, 0.5) is 5.69 Å². The van der Waals surface area contributed by atoms with Crippen LogP contribution in [0.25, 0.3) is 0 Å². The number of benzene rings is 1. The van der Waals surface area contributed by atoms with Gasteiger partial charge in [0.15, 0.2) is 0 Å². The number of para-hydroxylation sites is 1. The summed E-state index contributed by atoms with van der Waals surface area (Å²) in [5.74, 6) is 0.173. The Morgan fingerprint density at radius 2 is 2.06 bits per heavy atom. The normalized spacial score (nSPS) is 22.6. The molecule has 1 heterocycles. The summed E-state index contributed by atoms with van der Waals surface area (Å²) in [5.41, 5.74) is 4.34. The van der Waals surface area contributed by atoms with Gasteiger partial charge in [0.05, 0.1) is 5.69 Å². The number of hydrazine groups is 1. The molecule has 1 aromatic rings. The number of amides is 1. The Bertz CT molecular complexity index is 442. The van der Waals surface area contributed by atoms with Gasteiger partial charge in [-0.2, -0.15) is 0 Å². The number of rotatable bonds is 1. The Balaban J connectivity index is 1.91. The molecule has 1 spiro atoms. The number of anilines is 1. The molecule has 1 N–H and O–H groups in total. The number of carbonyl (C=O) groups is 1. The van der Waals surface area contributed by atoms with Crippen molar-refractivity contribution in [2.45, 2.75) is 31.2 Å². The fourth-order valence-electron chi connectivity index (χ4n) is 2.43. The first kappa shape index (κ1) is 10.3. The van der Waals surface area contributed by atoms with Crippen molar-refractivity contribution in [1.82, 2.24) is 5.43 Å². The van der Waals surface area contributed by atoms with Crippen LogP contribution in [0.15, 0.2) is 28.7 Å². The lowest BCUT2D eigenvalue weighted by Crippen LogP contribution is -2.51. The molecule has 2 fully saturated rings. The highest BCUT2D eigenvalue weighted by molar-refractivity contribution is 9.10. The van der Waals surface area contributed by atoms with E-state index < -0.39 is 0 Å². The van der Waals surface area contributed by atoms with Gasteiger partial charge in [-0.1, -0.05) is 12.1 Å². The number of nitrogens with zero attached hydrogens (tertiary/aromatic N) is 1. The van der Waals surface area contributed by atoms with E-state index in [1.54, 1.807) is 5.01 Å². The third-order valence-electron chi connectivity index (χ3n) is 3.49. The van der Waals surface area contributed by atoms with E-state index in [2.05, 4.69) is 21.4 Å². The second-order valence-corrected chi connectivity index (χ2v) is 5.46. The summed E-state index contributed by atoms with van der Waals surface area (Å²) in [6, 6.07) is 7.80. The lowest BCUT2D eigenvalue weighted by molar-refractivity contribution is -0.117. The molecule has 0 unspecified atom stereocenters. The summed E-state index contributed by atoms with van der Waals surface area (Å²) in [7, 11) is 0. The second-order valence-electron chi connectivity index (χ2n) is 4.60. The van der Waals surface area contributed by atoms with Gasteiger partial charge in [0, 0.05) is 16.4 Å². The van der Waals surface area contributed by atoms with Gasteiger partial charge in [0.2, 0.25) is 5.91 Å². The molecule has 1 saturated carbocycles. The van der Waals surface area contributed by atoms with E-state index in [-0.39, 0.29) is 11.4 Å². The third kappa shape index (κ3) is 1.48. The number of hydrogen-bond acceptors (Lipinski definition) is 2. The fraction of sp³-hybridized carbons (Fsp3) is 0.417. The summed E-state index contributed by atoms with van der Waals surface area (Å²) in [5, 5.41) is 1.70. The Morgan fingerprint density at radius 1 is 1.31 bits per heavy atom. The van der Waals surface area contributed by atoms with Crippen molar-refractivity contribution in [3.8, 4) is 0 Å². The minimum absolute atomic E-state index is 0.0619. The van der Waals surface area contributed by atoms with E-state index in [4.69, 9.17) is 0 Å². The highest BCUT2D eigenvalue weighted by Crippen LogP contribution is 2.41. The van der Waals surface area contributed by atoms with E-state index in [0.717, 1.165) is 23.0 Å². The van der Waals surface area contributed by atoms with Gasteiger partial charge in [-0.3, -0.25) is 4.79 Å². The van der Waals surface area contributed by atoms with Crippen molar-refractivity contribution in [3.05, 3.63) is 28.7 Å². The minimum atomic E-state index is 0.0619. The predicted molar refractivity (Wildman–Crippen MR) is 66.0 cm³/mol. The van der Waals surface area contributed by atoms with Crippen LogP contribution >= 0.6 is 15.9 Å². The van der Waals surface area contributed by atoms with E-state index in [1.165, 1.54) is 6.42 Å². The zero-order valence-electron chi connectivity index (χ0n) is 8.87.